The number of halogens is 1. The van der Waals surface area contributed by atoms with Crippen molar-refractivity contribution in [2.75, 3.05) is 0 Å². The Balaban J connectivity index is 1.53. The smallest absolute Gasteiger partial charge is 0.0302 e. The molecule has 1 fully saturated rings. The van der Waals surface area contributed by atoms with Gasteiger partial charge in [-0.05, 0) is 34.0 Å². The molecule has 1 aromatic carbocycles. The first-order chi connectivity index (χ1) is 8.33. The summed E-state index contributed by atoms with van der Waals surface area (Å²) in [4.78, 5) is 1.40. The lowest BCUT2D eigenvalue weighted by atomic mass is 10.1. The quantitative estimate of drug-likeness (QED) is 0.894. The van der Waals surface area contributed by atoms with Crippen molar-refractivity contribution in [3.8, 4) is 0 Å². The molecule has 1 aliphatic rings. The van der Waals surface area contributed by atoms with Crippen molar-refractivity contribution in [3.05, 3.63) is 56.7 Å². The summed E-state index contributed by atoms with van der Waals surface area (Å²) in [5.74, 6) is 0.722. The van der Waals surface area contributed by atoms with Crippen molar-refractivity contribution in [1.29, 1.82) is 0 Å². The topological polar surface area (TPSA) is 12.0 Å². The average molecular weight is 308 g/mol. The monoisotopic (exact) mass is 307 g/mol. The van der Waals surface area contributed by atoms with Gasteiger partial charge in [-0.15, -0.1) is 11.3 Å². The van der Waals surface area contributed by atoms with Crippen LogP contribution in [0.4, 0.5) is 0 Å². The molecular formula is C14H14BrNS. The van der Waals surface area contributed by atoms with E-state index in [9.17, 15) is 0 Å². The summed E-state index contributed by atoms with van der Waals surface area (Å²) in [6, 6.07) is 13.7. The highest BCUT2D eigenvalue weighted by atomic mass is 79.9. The fourth-order valence-electron chi connectivity index (χ4n) is 2.17. The van der Waals surface area contributed by atoms with Crippen molar-refractivity contribution >= 4 is 27.3 Å². The summed E-state index contributed by atoms with van der Waals surface area (Å²) >= 11 is 5.29. The molecule has 2 aromatic rings. The summed E-state index contributed by atoms with van der Waals surface area (Å²) < 4.78 is 1.19. The van der Waals surface area contributed by atoms with Gasteiger partial charge in [-0.2, -0.15) is 0 Å². The van der Waals surface area contributed by atoms with Crippen LogP contribution < -0.4 is 5.32 Å². The van der Waals surface area contributed by atoms with Gasteiger partial charge < -0.3 is 5.32 Å². The molecule has 1 aliphatic carbocycles. The van der Waals surface area contributed by atoms with Crippen molar-refractivity contribution in [3.63, 3.8) is 0 Å². The highest BCUT2D eigenvalue weighted by Gasteiger charge is 2.37. The predicted octanol–water partition coefficient (Wildman–Crippen LogP) is 4.16. The van der Waals surface area contributed by atoms with Crippen LogP contribution in [-0.4, -0.2) is 6.04 Å². The summed E-state index contributed by atoms with van der Waals surface area (Å²) in [6.45, 7) is 0.990. The van der Waals surface area contributed by atoms with E-state index in [4.69, 9.17) is 0 Å². The molecule has 0 aliphatic heterocycles. The largest absolute Gasteiger partial charge is 0.308 e. The second-order valence-corrected chi connectivity index (χ2v) is 6.38. The molecule has 0 bridgehead atoms. The molecule has 0 saturated heterocycles. The van der Waals surface area contributed by atoms with Gasteiger partial charge in [0.05, 0.1) is 0 Å². The highest BCUT2D eigenvalue weighted by molar-refractivity contribution is 9.10. The Bertz CT molecular complexity index is 494. The molecule has 1 aromatic heterocycles. The van der Waals surface area contributed by atoms with Crippen molar-refractivity contribution < 1.29 is 0 Å². The third kappa shape index (κ3) is 2.79. The molecule has 0 amide bonds. The normalized spacial score (nSPS) is 22.6. The van der Waals surface area contributed by atoms with Gasteiger partial charge >= 0.3 is 0 Å². The van der Waals surface area contributed by atoms with E-state index in [-0.39, 0.29) is 0 Å². The van der Waals surface area contributed by atoms with Crippen LogP contribution in [0, 0.1) is 0 Å². The van der Waals surface area contributed by atoms with Gasteiger partial charge in [0.25, 0.3) is 0 Å². The summed E-state index contributed by atoms with van der Waals surface area (Å²) in [6.07, 6.45) is 1.27. The summed E-state index contributed by atoms with van der Waals surface area (Å²) in [7, 11) is 0. The van der Waals surface area contributed by atoms with Gasteiger partial charge in [-0.3, -0.25) is 0 Å². The molecule has 0 radical (unpaired) electrons. The molecule has 3 rings (SSSR count). The molecule has 2 unspecified atom stereocenters. The first-order valence-corrected chi connectivity index (χ1v) is 7.51. The van der Waals surface area contributed by atoms with E-state index < -0.39 is 0 Å². The van der Waals surface area contributed by atoms with E-state index in [2.05, 4.69) is 63.0 Å². The Hall–Kier alpha value is -0.640. The van der Waals surface area contributed by atoms with Crippen LogP contribution in [0.25, 0.3) is 0 Å². The standard InChI is InChI=1S/C14H14BrNS/c15-11-6-12(17-9-11)8-16-14-7-13(14)10-4-2-1-3-5-10/h1-6,9,13-14,16H,7-8H2. The summed E-state index contributed by atoms with van der Waals surface area (Å²) in [5.41, 5.74) is 1.47. The molecule has 3 heteroatoms. The molecule has 1 saturated carbocycles. The maximum absolute atomic E-state index is 3.62. The van der Waals surface area contributed by atoms with Crippen LogP contribution in [0.15, 0.2) is 46.3 Å². The predicted molar refractivity (Wildman–Crippen MR) is 76.4 cm³/mol. The molecular weight excluding hydrogens is 294 g/mol. The Kier molecular flexibility index (Phi) is 3.32. The second-order valence-electron chi connectivity index (χ2n) is 4.47. The lowest BCUT2D eigenvalue weighted by molar-refractivity contribution is 0.679. The van der Waals surface area contributed by atoms with E-state index in [0.717, 1.165) is 12.5 Å². The number of hydrogen-bond donors (Lipinski definition) is 1. The molecule has 1 nitrogen and oxygen atoms in total. The Labute approximate surface area is 114 Å². The number of benzene rings is 1. The Morgan fingerprint density at radius 1 is 1.29 bits per heavy atom. The van der Waals surface area contributed by atoms with Gasteiger partial charge in [0, 0.05) is 33.2 Å². The van der Waals surface area contributed by atoms with Crippen LogP contribution >= 0.6 is 27.3 Å². The van der Waals surface area contributed by atoms with E-state index in [1.807, 2.05) is 0 Å². The van der Waals surface area contributed by atoms with Crippen LogP contribution in [0.3, 0.4) is 0 Å². The molecule has 17 heavy (non-hydrogen) atoms. The Morgan fingerprint density at radius 3 is 2.82 bits per heavy atom. The van der Waals surface area contributed by atoms with Crippen molar-refractivity contribution in [1.82, 2.24) is 5.32 Å². The van der Waals surface area contributed by atoms with Crippen LogP contribution in [0.2, 0.25) is 0 Å². The number of rotatable bonds is 4. The van der Waals surface area contributed by atoms with Crippen molar-refractivity contribution in [2.45, 2.75) is 24.9 Å². The zero-order chi connectivity index (χ0) is 11.7. The minimum Gasteiger partial charge on any atom is -0.308 e. The molecule has 1 heterocycles. The minimum atomic E-state index is 0.665. The first kappa shape index (κ1) is 11.5. The van der Waals surface area contributed by atoms with Crippen LogP contribution in [0.1, 0.15) is 22.8 Å². The molecule has 88 valence electrons. The highest BCUT2D eigenvalue weighted by Crippen LogP contribution is 2.40. The minimum absolute atomic E-state index is 0.665. The van der Waals surface area contributed by atoms with Crippen molar-refractivity contribution in [2.24, 2.45) is 0 Å². The fraction of sp³-hybridized carbons (Fsp3) is 0.286. The van der Waals surface area contributed by atoms with Gasteiger partial charge in [0.15, 0.2) is 0 Å². The van der Waals surface area contributed by atoms with Crippen LogP contribution in [0.5, 0.6) is 0 Å². The van der Waals surface area contributed by atoms with E-state index in [1.165, 1.54) is 21.3 Å². The van der Waals surface area contributed by atoms with E-state index >= 15 is 0 Å². The second kappa shape index (κ2) is 4.92. The maximum atomic E-state index is 3.62. The van der Waals surface area contributed by atoms with E-state index in [1.54, 1.807) is 11.3 Å². The van der Waals surface area contributed by atoms with E-state index in [0.29, 0.717) is 6.04 Å². The number of nitrogens with one attached hydrogen (secondary N) is 1. The van der Waals surface area contributed by atoms with Gasteiger partial charge in [-0.1, -0.05) is 30.3 Å². The third-order valence-electron chi connectivity index (χ3n) is 3.18. The zero-order valence-corrected chi connectivity index (χ0v) is 11.8. The first-order valence-electron chi connectivity index (χ1n) is 5.84. The third-order valence-corrected chi connectivity index (χ3v) is 4.88. The van der Waals surface area contributed by atoms with Gasteiger partial charge in [0.2, 0.25) is 0 Å². The lowest BCUT2D eigenvalue weighted by Crippen LogP contribution is -2.16. The molecule has 0 spiro atoms. The SMILES string of the molecule is Brc1csc(CNC2CC2c2ccccc2)c1. The van der Waals surface area contributed by atoms with Crippen LogP contribution in [-0.2, 0) is 6.54 Å². The number of hydrogen-bond acceptors (Lipinski definition) is 2. The fourth-order valence-corrected chi connectivity index (χ4v) is 3.57. The average Bonchev–Trinajstić information content (AvgIpc) is 3.03. The van der Waals surface area contributed by atoms with Gasteiger partial charge in [0.1, 0.15) is 0 Å². The molecule has 1 N–H and O–H groups in total. The summed E-state index contributed by atoms with van der Waals surface area (Å²) in [5, 5.41) is 5.76. The molecule has 2 atom stereocenters. The maximum Gasteiger partial charge on any atom is 0.0302 e. The number of thiophene rings is 1. The lowest BCUT2D eigenvalue weighted by Gasteiger charge is -2.02. The zero-order valence-electron chi connectivity index (χ0n) is 9.40. The van der Waals surface area contributed by atoms with Gasteiger partial charge in [-0.25, -0.2) is 0 Å². The Morgan fingerprint density at radius 2 is 2.12 bits per heavy atom.